The lowest BCUT2D eigenvalue weighted by atomic mass is 10.0. The minimum atomic E-state index is -1.29. The predicted molar refractivity (Wildman–Crippen MR) is 217 cm³/mol. The first kappa shape index (κ1) is 40.9. The van der Waals surface area contributed by atoms with Crippen LogP contribution in [0.2, 0.25) is 0 Å². The molecule has 2 fully saturated rings. The number of H-pyrrole nitrogens is 2. The number of hydrogen-bond donors (Lipinski definition) is 4. The molecule has 3 aliphatic heterocycles. The Morgan fingerprint density at radius 3 is 2.05 bits per heavy atom. The van der Waals surface area contributed by atoms with E-state index in [1.807, 2.05) is 49.6 Å². The first-order valence-electron chi connectivity index (χ1n) is 20.4. The Balaban J connectivity index is 1.07. The Morgan fingerprint density at radius 1 is 0.900 bits per heavy atom. The van der Waals surface area contributed by atoms with E-state index in [4.69, 9.17) is 15.2 Å². The van der Waals surface area contributed by atoms with Crippen LogP contribution in [-0.4, -0.2) is 96.8 Å². The number of aromatic amines is 2. The van der Waals surface area contributed by atoms with E-state index in [0.717, 1.165) is 5.56 Å². The molecule has 318 valence electrons. The molecule has 0 spiro atoms. The summed E-state index contributed by atoms with van der Waals surface area (Å²) in [4.78, 5) is 57.3. The van der Waals surface area contributed by atoms with Crippen molar-refractivity contribution in [2.75, 3.05) is 20.2 Å². The molecule has 14 nitrogen and oxygen atoms in total. The van der Waals surface area contributed by atoms with Gasteiger partial charge in [-0.1, -0.05) is 46.8 Å². The molecule has 3 aliphatic rings. The third-order valence-corrected chi connectivity index (χ3v) is 12.0. The Kier molecular flexibility index (Phi) is 10.9. The van der Waals surface area contributed by atoms with Crippen LogP contribution in [0.4, 0.5) is 18.0 Å². The van der Waals surface area contributed by atoms with E-state index in [1.54, 1.807) is 38.4 Å². The number of amides is 3. The van der Waals surface area contributed by atoms with Gasteiger partial charge in [0.1, 0.15) is 35.8 Å². The molecule has 6 heterocycles. The van der Waals surface area contributed by atoms with Crippen molar-refractivity contribution >= 4 is 28.8 Å². The number of methoxy groups -OCH3 is 1. The van der Waals surface area contributed by atoms with Crippen LogP contribution >= 0.6 is 0 Å². The molecule has 60 heavy (non-hydrogen) atoms. The molecule has 2 saturated heterocycles. The van der Waals surface area contributed by atoms with Crippen molar-refractivity contribution < 1.29 is 37.0 Å². The van der Waals surface area contributed by atoms with E-state index in [2.05, 4.69) is 25.3 Å². The second kappa shape index (κ2) is 16.0. The summed E-state index contributed by atoms with van der Waals surface area (Å²) in [5.41, 5.74) is 10.3. The van der Waals surface area contributed by atoms with E-state index in [9.17, 15) is 23.2 Å². The second-order valence-electron chi connectivity index (χ2n) is 16.6. The van der Waals surface area contributed by atoms with Crippen LogP contribution in [-0.2, 0) is 14.3 Å². The maximum absolute atomic E-state index is 16.8. The van der Waals surface area contributed by atoms with Gasteiger partial charge in [-0.3, -0.25) is 9.59 Å². The van der Waals surface area contributed by atoms with Crippen molar-refractivity contribution in [2.45, 2.75) is 96.6 Å². The van der Waals surface area contributed by atoms with E-state index in [-0.39, 0.29) is 43.7 Å². The minimum absolute atomic E-state index is 0.0238. The van der Waals surface area contributed by atoms with Gasteiger partial charge in [-0.05, 0) is 36.1 Å². The largest absolute Gasteiger partial charge is 0.469 e. The van der Waals surface area contributed by atoms with Gasteiger partial charge in [0.2, 0.25) is 11.8 Å². The quantitative estimate of drug-likeness (QED) is 0.115. The van der Waals surface area contributed by atoms with E-state index >= 15 is 4.39 Å². The number of nitrogens with one attached hydrogen (secondary N) is 3. The number of hydrogen-bond acceptors (Lipinski definition) is 8. The van der Waals surface area contributed by atoms with Crippen molar-refractivity contribution in [3.05, 3.63) is 66.3 Å². The summed E-state index contributed by atoms with van der Waals surface area (Å²) in [6, 6.07) is 7.90. The first-order valence-corrected chi connectivity index (χ1v) is 20.4. The Bertz CT molecular complexity index is 2440. The zero-order valence-corrected chi connectivity index (χ0v) is 34.3. The number of benzene rings is 2. The SMILES string of the molecule is CCC1Oc2cc(-c3cnc([C@@H]4C[C@@H](F)CN4C(=O)[C@@H](N)C(C)C)[nH]3)ccc2-c2c(F)c3cc(-c4cnc([C@@H]5C[C@@H](F)CN5C(=O)[C@@H](NC(=O)OC)C(C)C)[nH]4)ccc3n21. The average Bonchev–Trinajstić information content (AvgIpc) is 4.09. The highest BCUT2D eigenvalue weighted by Gasteiger charge is 2.43. The summed E-state index contributed by atoms with van der Waals surface area (Å²) in [5, 5.41) is 2.93. The fourth-order valence-corrected chi connectivity index (χ4v) is 8.67. The predicted octanol–water partition coefficient (Wildman–Crippen LogP) is 7.12. The topological polar surface area (TPSA) is 176 Å². The molecule has 0 bridgehead atoms. The number of rotatable bonds is 10. The summed E-state index contributed by atoms with van der Waals surface area (Å²) in [6.45, 7) is 9.03. The van der Waals surface area contributed by atoms with Crippen LogP contribution in [0.15, 0.2) is 48.8 Å². The molecule has 3 aromatic heterocycles. The van der Waals surface area contributed by atoms with Crippen molar-refractivity contribution in [3.8, 4) is 39.5 Å². The van der Waals surface area contributed by atoms with Gasteiger partial charge in [0.25, 0.3) is 0 Å². The number of nitrogens with zero attached hydrogens (tertiary/aromatic N) is 5. The fraction of sp³-hybridized carbons (Fsp3) is 0.465. The van der Waals surface area contributed by atoms with E-state index < -0.39 is 60.6 Å². The van der Waals surface area contributed by atoms with Gasteiger partial charge in [0.15, 0.2) is 12.0 Å². The smallest absolute Gasteiger partial charge is 0.407 e. The lowest BCUT2D eigenvalue weighted by Gasteiger charge is -2.29. The molecule has 5 N–H and O–H groups in total. The number of nitrogens with two attached hydrogens (primary N) is 1. The summed E-state index contributed by atoms with van der Waals surface area (Å²) in [7, 11) is 1.21. The highest BCUT2D eigenvalue weighted by Crippen LogP contribution is 2.47. The van der Waals surface area contributed by atoms with Crippen LogP contribution < -0.4 is 15.8 Å². The number of carbonyl (C=O) groups is 3. The van der Waals surface area contributed by atoms with Crippen molar-refractivity contribution in [1.82, 2.24) is 39.6 Å². The van der Waals surface area contributed by atoms with Crippen LogP contribution in [0.3, 0.4) is 0 Å². The maximum Gasteiger partial charge on any atom is 0.407 e. The third kappa shape index (κ3) is 7.15. The summed E-state index contributed by atoms with van der Waals surface area (Å²) < 4.78 is 59.5. The lowest BCUT2D eigenvalue weighted by Crippen LogP contribution is -2.51. The summed E-state index contributed by atoms with van der Waals surface area (Å²) in [5.74, 6) is -0.260. The zero-order valence-electron chi connectivity index (χ0n) is 34.3. The Morgan fingerprint density at radius 2 is 1.48 bits per heavy atom. The molecular weight excluding hydrogens is 780 g/mol. The Hall–Kier alpha value is -5.84. The molecular formula is C43H50F3N9O5. The van der Waals surface area contributed by atoms with Crippen LogP contribution in [0.25, 0.3) is 44.7 Å². The number of fused-ring (bicyclic) bond motifs is 5. The molecule has 5 aromatic rings. The monoisotopic (exact) mass is 829 g/mol. The molecule has 0 saturated carbocycles. The standard InChI is InChI=1S/C43H50F3N9O5/c1-7-34-55-30-11-9-22(28-16-48-40(50-28)32-15-25(45)19-54(32)42(57)37(21(4)5)52-43(58)59-6)12-27(30)35(46)38(55)26-10-8-23(13-33(26)60-34)29-17-49-39(51-29)31-14-24(44)18-53(31)41(56)36(47)20(2)3/h8-13,16-17,20-21,24-25,31-32,34,36-37H,7,14-15,18-19,47H2,1-6H3,(H,48,50)(H,49,51)(H,52,58)/t24-,25-,31+,32+,34?,36+,37+/m1/s1. The first-order chi connectivity index (χ1) is 28.7. The van der Waals surface area contributed by atoms with Crippen LogP contribution in [0, 0.1) is 17.7 Å². The van der Waals surface area contributed by atoms with Gasteiger partial charge in [0.05, 0.1) is 73.3 Å². The lowest BCUT2D eigenvalue weighted by molar-refractivity contribution is -0.136. The van der Waals surface area contributed by atoms with Crippen molar-refractivity contribution in [2.24, 2.45) is 17.6 Å². The highest BCUT2D eigenvalue weighted by atomic mass is 19.1. The number of alkyl halides is 2. The number of imidazole rings is 2. The average molecular weight is 830 g/mol. The van der Waals surface area contributed by atoms with Crippen LogP contribution in [0.5, 0.6) is 5.75 Å². The molecule has 0 radical (unpaired) electrons. The normalized spacial score (nSPS) is 22.2. The molecule has 0 aliphatic carbocycles. The number of ether oxygens (including phenoxy) is 2. The number of halogens is 3. The molecule has 3 amide bonds. The van der Waals surface area contributed by atoms with E-state index in [1.165, 1.54) is 16.9 Å². The third-order valence-electron chi connectivity index (χ3n) is 12.0. The second-order valence-corrected chi connectivity index (χ2v) is 16.6. The Labute approximate surface area is 345 Å². The highest BCUT2D eigenvalue weighted by molar-refractivity contribution is 5.93. The summed E-state index contributed by atoms with van der Waals surface area (Å²) in [6.07, 6.45) is 0.118. The molecule has 17 heteroatoms. The van der Waals surface area contributed by atoms with E-state index in [0.29, 0.717) is 62.9 Å². The molecule has 7 atom stereocenters. The van der Waals surface area contributed by atoms with Gasteiger partial charge in [-0.2, -0.15) is 0 Å². The number of likely N-dealkylation sites (tertiary alicyclic amines) is 2. The van der Waals surface area contributed by atoms with Crippen LogP contribution in [0.1, 0.15) is 83.8 Å². The zero-order chi connectivity index (χ0) is 42.7. The molecule has 1 unspecified atom stereocenters. The summed E-state index contributed by atoms with van der Waals surface area (Å²) >= 11 is 0. The molecule has 8 rings (SSSR count). The number of alkyl carbamates (subject to hydrolysis) is 1. The van der Waals surface area contributed by atoms with Gasteiger partial charge in [-0.25, -0.2) is 27.9 Å². The number of carbonyl (C=O) groups excluding carboxylic acids is 3. The van der Waals surface area contributed by atoms with Gasteiger partial charge < -0.3 is 44.9 Å². The van der Waals surface area contributed by atoms with Gasteiger partial charge in [-0.15, -0.1) is 0 Å². The number of aromatic nitrogens is 5. The minimum Gasteiger partial charge on any atom is -0.469 e. The van der Waals surface area contributed by atoms with Crippen molar-refractivity contribution in [1.29, 1.82) is 0 Å². The maximum atomic E-state index is 16.8. The van der Waals surface area contributed by atoms with Gasteiger partial charge in [0, 0.05) is 41.3 Å². The van der Waals surface area contributed by atoms with Crippen molar-refractivity contribution in [3.63, 3.8) is 0 Å². The van der Waals surface area contributed by atoms with Gasteiger partial charge >= 0.3 is 6.09 Å². The molecule has 2 aromatic carbocycles. The fourth-order valence-electron chi connectivity index (χ4n) is 8.67.